The van der Waals surface area contributed by atoms with E-state index in [0.717, 1.165) is 25.9 Å². The van der Waals surface area contributed by atoms with Gasteiger partial charge in [-0.2, -0.15) is 5.10 Å². The molecule has 2 atom stereocenters. The van der Waals surface area contributed by atoms with Crippen molar-refractivity contribution in [3.8, 4) is 0 Å². The molecule has 0 aliphatic carbocycles. The first kappa shape index (κ1) is 10.6. The molecule has 1 aliphatic rings. The van der Waals surface area contributed by atoms with Gasteiger partial charge in [0.15, 0.2) is 0 Å². The van der Waals surface area contributed by atoms with Crippen LogP contribution in [-0.4, -0.2) is 26.9 Å². The molecule has 6 heteroatoms. The summed E-state index contributed by atoms with van der Waals surface area (Å²) in [5.74, 6) is 0. The summed E-state index contributed by atoms with van der Waals surface area (Å²) in [6.07, 6.45) is 7.66. The Bertz CT molecular complexity index is 432. The number of hydrogen-bond acceptors (Lipinski definition) is 4. The van der Waals surface area contributed by atoms with E-state index in [1.165, 1.54) is 12.5 Å². The zero-order valence-electron chi connectivity index (χ0n) is 8.68. The Morgan fingerprint density at radius 2 is 2.47 bits per heavy atom. The highest BCUT2D eigenvalue weighted by Gasteiger charge is 2.17. The highest BCUT2D eigenvalue weighted by molar-refractivity contribution is 7.91. The fraction of sp³-hybridized carbons (Fsp3) is 0.667. The zero-order chi connectivity index (χ0) is 10.9. The van der Waals surface area contributed by atoms with Gasteiger partial charge in [-0.25, -0.2) is 13.7 Å². The smallest absolute Gasteiger partial charge is 0.150 e. The first-order valence-electron chi connectivity index (χ1n) is 4.97. The molecule has 5 nitrogen and oxygen atoms in total. The first-order valence-corrected chi connectivity index (χ1v) is 6.93. The molecule has 2 heterocycles. The van der Waals surface area contributed by atoms with E-state index < -0.39 is 9.73 Å². The molecule has 1 aromatic heterocycles. The summed E-state index contributed by atoms with van der Waals surface area (Å²) in [6, 6.07) is 0. The number of nitrogens with zero attached hydrogens (tertiary/aromatic N) is 2. The van der Waals surface area contributed by atoms with Gasteiger partial charge in [0.1, 0.15) is 6.23 Å². The van der Waals surface area contributed by atoms with Crippen molar-refractivity contribution < 1.29 is 8.95 Å². The van der Waals surface area contributed by atoms with E-state index in [1.54, 1.807) is 10.9 Å². The third-order valence-corrected chi connectivity index (χ3v) is 3.59. The van der Waals surface area contributed by atoms with Crippen molar-refractivity contribution in [3.63, 3.8) is 0 Å². The molecule has 15 heavy (non-hydrogen) atoms. The summed E-state index contributed by atoms with van der Waals surface area (Å²) in [5.41, 5.74) is 0. The average Bonchev–Trinajstić information content (AvgIpc) is 2.67. The van der Waals surface area contributed by atoms with Crippen LogP contribution in [0.15, 0.2) is 17.3 Å². The van der Waals surface area contributed by atoms with Gasteiger partial charge in [-0.1, -0.05) is 0 Å². The fourth-order valence-corrected chi connectivity index (χ4v) is 2.17. The van der Waals surface area contributed by atoms with Crippen LogP contribution in [0.4, 0.5) is 0 Å². The van der Waals surface area contributed by atoms with Crippen LogP contribution in [0.25, 0.3) is 0 Å². The second-order valence-electron chi connectivity index (χ2n) is 3.82. The Balaban J connectivity index is 2.19. The molecule has 0 spiro atoms. The molecule has 0 radical (unpaired) electrons. The molecule has 1 aliphatic heterocycles. The highest BCUT2D eigenvalue weighted by atomic mass is 32.2. The van der Waals surface area contributed by atoms with Gasteiger partial charge in [-0.15, -0.1) is 0 Å². The summed E-state index contributed by atoms with van der Waals surface area (Å²) < 4.78 is 26.1. The lowest BCUT2D eigenvalue weighted by molar-refractivity contribution is -0.0396. The third kappa shape index (κ3) is 2.38. The maximum absolute atomic E-state index is 11.5. The summed E-state index contributed by atoms with van der Waals surface area (Å²) in [6.45, 7) is 0.752. The van der Waals surface area contributed by atoms with E-state index in [9.17, 15) is 4.21 Å². The molecule has 2 unspecified atom stereocenters. The Hall–Kier alpha value is -0.880. The largest absolute Gasteiger partial charge is 0.357 e. The number of ether oxygens (including phenoxy) is 1. The SMILES string of the molecule is CS(=N)(=O)c1cnn(C2CCCCO2)c1. The summed E-state index contributed by atoms with van der Waals surface area (Å²) in [7, 11) is -2.66. The van der Waals surface area contributed by atoms with E-state index in [2.05, 4.69) is 5.10 Å². The lowest BCUT2D eigenvalue weighted by atomic mass is 10.2. The highest BCUT2D eigenvalue weighted by Crippen LogP contribution is 2.22. The predicted octanol–water partition coefficient (Wildman–Crippen LogP) is 1.62. The van der Waals surface area contributed by atoms with E-state index in [4.69, 9.17) is 9.52 Å². The van der Waals surface area contributed by atoms with E-state index in [0.29, 0.717) is 4.90 Å². The maximum atomic E-state index is 11.5. The van der Waals surface area contributed by atoms with E-state index in [1.807, 2.05) is 0 Å². The van der Waals surface area contributed by atoms with Crippen LogP contribution in [0.3, 0.4) is 0 Å². The minimum Gasteiger partial charge on any atom is -0.357 e. The van der Waals surface area contributed by atoms with Crippen molar-refractivity contribution in [3.05, 3.63) is 12.4 Å². The summed E-state index contributed by atoms with van der Waals surface area (Å²) >= 11 is 0. The van der Waals surface area contributed by atoms with E-state index in [-0.39, 0.29) is 6.23 Å². The van der Waals surface area contributed by atoms with Crippen LogP contribution < -0.4 is 0 Å². The van der Waals surface area contributed by atoms with Crippen molar-refractivity contribution in [1.82, 2.24) is 9.78 Å². The van der Waals surface area contributed by atoms with Gasteiger partial charge in [0.2, 0.25) is 0 Å². The van der Waals surface area contributed by atoms with Crippen molar-refractivity contribution in [2.75, 3.05) is 12.9 Å². The number of hydrogen-bond donors (Lipinski definition) is 1. The molecule has 1 N–H and O–H groups in total. The van der Waals surface area contributed by atoms with Crippen LogP contribution in [-0.2, 0) is 14.5 Å². The lowest BCUT2D eigenvalue weighted by Gasteiger charge is -2.22. The predicted molar refractivity (Wildman–Crippen MR) is 56.1 cm³/mol. The topological polar surface area (TPSA) is 68.0 Å². The Labute approximate surface area is 89.4 Å². The van der Waals surface area contributed by atoms with Gasteiger partial charge in [0, 0.05) is 19.1 Å². The number of rotatable bonds is 2. The minimum absolute atomic E-state index is 0.0470. The van der Waals surface area contributed by atoms with Crippen LogP contribution >= 0.6 is 0 Å². The molecule has 0 saturated carbocycles. The molecular weight excluding hydrogens is 214 g/mol. The Kier molecular flexibility index (Phi) is 2.79. The fourth-order valence-electron chi connectivity index (χ4n) is 1.61. The van der Waals surface area contributed by atoms with Crippen molar-refractivity contribution in [2.45, 2.75) is 30.4 Å². The van der Waals surface area contributed by atoms with Gasteiger partial charge < -0.3 is 4.74 Å². The monoisotopic (exact) mass is 229 g/mol. The molecule has 0 aromatic carbocycles. The van der Waals surface area contributed by atoms with Gasteiger partial charge in [-0.05, 0) is 19.3 Å². The Morgan fingerprint density at radius 3 is 3.00 bits per heavy atom. The molecule has 0 bridgehead atoms. The molecule has 0 amide bonds. The molecule has 1 fully saturated rings. The normalized spacial score (nSPS) is 26.1. The minimum atomic E-state index is -2.66. The molecule has 2 rings (SSSR count). The van der Waals surface area contributed by atoms with Gasteiger partial charge in [0.05, 0.1) is 20.8 Å². The molecule has 1 aromatic rings. The summed E-state index contributed by atoms with van der Waals surface area (Å²) in [5, 5.41) is 4.10. The average molecular weight is 229 g/mol. The maximum Gasteiger partial charge on any atom is 0.150 e. The van der Waals surface area contributed by atoms with Crippen LogP contribution in [0.1, 0.15) is 25.5 Å². The molecular formula is C9H15N3O2S. The van der Waals surface area contributed by atoms with Crippen LogP contribution in [0, 0.1) is 4.78 Å². The quantitative estimate of drug-likeness (QED) is 0.837. The van der Waals surface area contributed by atoms with Crippen molar-refractivity contribution >= 4 is 9.73 Å². The van der Waals surface area contributed by atoms with Crippen LogP contribution in [0.5, 0.6) is 0 Å². The molecule has 84 valence electrons. The van der Waals surface area contributed by atoms with Crippen LogP contribution in [0.2, 0.25) is 0 Å². The van der Waals surface area contributed by atoms with Crippen molar-refractivity contribution in [2.24, 2.45) is 0 Å². The number of aromatic nitrogens is 2. The summed E-state index contributed by atoms with van der Waals surface area (Å²) in [4.78, 5) is 0.469. The Morgan fingerprint density at radius 1 is 1.67 bits per heavy atom. The van der Waals surface area contributed by atoms with Gasteiger partial charge in [0.25, 0.3) is 0 Å². The van der Waals surface area contributed by atoms with Crippen molar-refractivity contribution in [1.29, 1.82) is 4.78 Å². The first-order chi connectivity index (χ1) is 7.07. The second kappa shape index (κ2) is 3.94. The second-order valence-corrected chi connectivity index (χ2v) is 5.98. The van der Waals surface area contributed by atoms with Gasteiger partial charge in [-0.3, -0.25) is 0 Å². The van der Waals surface area contributed by atoms with Gasteiger partial charge >= 0.3 is 0 Å². The van der Waals surface area contributed by atoms with E-state index >= 15 is 0 Å². The standard InChI is InChI=1S/C9H15N3O2S/c1-15(10,13)8-6-11-12(7-8)9-4-2-3-5-14-9/h6-7,9-10H,2-5H2,1H3. The zero-order valence-corrected chi connectivity index (χ0v) is 9.50. The number of nitrogens with one attached hydrogen (secondary N) is 1. The third-order valence-electron chi connectivity index (χ3n) is 2.48. The lowest BCUT2D eigenvalue weighted by Crippen LogP contribution is -2.18. The molecule has 1 saturated heterocycles.